The van der Waals surface area contributed by atoms with Crippen LogP contribution in [0.15, 0.2) is 48.8 Å². The molecule has 1 atom stereocenters. The van der Waals surface area contributed by atoms with Crippen LogP contribution in [0.2, 0.25) is 0 Å². The molecule has 2 aromatic rings. The molecular weight excluding hydrogens is 256 g/mol. The number of rotatable bonds is 2. The van der Waals surface area contributed by atoms with E-state index in [9.17, 15) is 4.79 Å². The van der Waals surface area contributed by atoms with E-state index in [1.165, 1.54) is 5.56 Å². The molecule has 1 aromatic heterocycles. The second-order valence-corrected chi connectivity index (χ2v) is 5.62. The largest absolute Gasteiger partial charge is 0.295 e. The van der Waals surface area contributed by atoms with E-state index in [2.05, 4.69) is 4.98 Å². The van der Waals surface area contributed by atoms with E-state index in [-0.39, 0.29) is 11.3 Å². The van der Waals surface area contributed by atoms with Crippen LogP contribution in [0.5, 0.6) is 0 Å². The van der Waals surface area contributed by atoms with Gasteiger partial charge in [-0.05, 0) is 25.1 Å². The van der Waals surface area contributed by atoms with E-state index in [1.807, 2.05) is 54.4 Å². The molecule has 1 fully saturated rings. The van der Waals surface area contributed by atoms with Crippen LogP contribution >= 0.6 is 11.8 Å². The molecule has 3 nitrogen and oxygen atoms in total. The number of anilines is 1. The minimum absolute atomic E-state index is 0.0314. The molecule has 3 rings (SSSR count). The highest BCUT2D eigenvalue weighted by Crippen LogP contribution is 2.41. The minimum atomic E-state index is 0.0314. The molecule has 0 bridgehead atoms. The van der Waals surface area contributed by atoms with Crippen molar-refractivity contribution in [1.29, 1.82) is 0 Å². The summed E-state index contributed by atoms with van der Waals surface area (Å²) in [5.74, 6) is 0.677. The Labute approximate surface area is 116 Å². The number of pyridine rings is 1. The molecule has 1 aliphatic heterocycles. The SMILES string of the molecule is Cc1ccc(N2C(=O)CSC2c2cccnc2)cc1. The standard InChI is InChI=1S/C15H14N2OS/c1-11-4-6-13(7-5-11)17-14(18)10-19-15(17)12-3-2-8-16-9-12/h2-9,15H,10H2,1H3. The van der Waals surface area contributed by atoms with Gasteiger partial charge in [0.1, 0.15) is 5.37 Å². The average molecular weight is 270 g/mol. The van der Waals surface area contributed by atoms with Gasteiger partial charge in [-0.25, -0.2) is 0 Å². The second-order valence-electron chi connectivity index (χ2n) is 4.55. The Morgan fingerprint density at radius 1 is 1.26 bits per heavy atom. The maximum absolute atomic E-state index is 12.1. The lowest BCUT2D eigenvalue weighted by Gasteiger charge is -2.24. The number of thioether (sulfide) groups is 1. The molecule has 4 heteroatoms. The van der Waals surface area contributed by atoms with Gasteiger partial charge in [0.2, 0.25) is 5.91 Å². The van der Waals surface area contributed by atoms with E-state index in [4.69, 9.17) is 0 Å². The number of aromatic nitrogens is 1. The van der Waals surface area contributed by atoms with Crippen molar-refractivity contribution in [3.63, 3.8) is 0 Å². The number of amides is 1. The molecule has 1 aliphatic rings. The highest BCUT2D eigenvalue weighted by molar-refractivity contribution is 8.00. The van der Waals surface area contributed by atoms with Crippen molar-refractivity contribution in [2.75, 3.05) is 10.7 Å². The number of hydrogen-bond donors (Lipinski definition) is 0. The van der Waals surface area contributed by atoms with E-state index in [1.54, 1.807) is 18.0 Å². The first-order valence-electron chi connectivity index (χ1n) is 6.16. The summed E-state index contributed by atoms with van der Waals surface area (Å²) < 4.78 is 0. The maximum Gasteiger partial charge on any atom is 0.238 e. The molecular formula is C15H14N2OS. The van der Waals surface area contributed by atoms with Crippen LogP contribution in [0.1, 0.15) is 16.5 Å². The van der Waals surface area contributed by atoms with Crippen molar-refractivity contribution in [3.05, 3.63) is 59.9 Å². The van der Waals surface area contributed by atoms with Crippen molar-refractivity contribution >= 4 is 23.4 Å². The summed E-state index contributed by atoms with van der Waals surface area (Å²) in [4.78, 5) is 18.1. The highest BCUT2D eigenvalue weighted by atomic mass is 32.2. The number of carbonyl (C=O) groups excluding carboxylic acids is 1. The zero-order valence-corrected chi connectivity index (χ0v) is 11.4. The number of carbonyl (C=O) groups is 1. The molecule has 19 heavy (non-hydrogen) atoms. The van der Waals surface area contributed by atoms with Crippen LogP contribution in [0.4, 0.5) is 5.69 Å². The third kappa shape index (κ3) is 2.36. The Bertz CT molecular complexity index is 583. The van der Waals surface area contributed by atoms with Gasteiger partial charge < -0.3 is 0 Å². The number of hydrogen-bond acceptors (Lipinski definition) is 3. The molecule has 96 valence electrons. The lowest BCUT2D eigenvalue weighted by atomic mass is 10.2. The molecule has 0 radical (unpaired) electrons. The Morgan fingerprint density at radius 2 is 2.05 bits per heavy atom. The summed E-state index contributed by atoms with van der Waals surface area (Å²) in [7, 11) is 0. The first kappa shape index (κ1) is 12.2. The molecule has 1 amide bonds. The number of nitrogens with zero attached hydrogens (tertiary/aromatic N) is 2. The van der Waals surface area contributed by atoms with Gasteiger partial charge in [0, 0.05) is 23.6 Å². The Kier molecular flexibility index (Phi) is 3.25. The second kappa shape index (κ2) is 5.05. The summed E-state index contributed by atoms with van der Waals surface area (Å²) in [5, 5.41) is 0.0314. The zero-order valence-electron chi connectivity index (χ0n) is 10.6. The first-order valence-corrected chi connectivity index (χ1v) is 7.21. The molecule has 1 unspecified atom stereocenters. The van der Waals surface area contributed by atoms with E-state index in [0.717, 1.165) is 11.3 Å². The summed E-state index contributed by atoms with van der Waals surface area (Å²) in [6.45, 7) is 2.04. The molecule has 1 aromatic carbocycles. The molecule has 0 N–H and O–H groups in total. The van der Waals surface area contributed by atoms with Crippen molar-refractivity contribution in [3.8, 4) is 0 Å². The van der Waals surface area contributed by atoms with Gasteiger partial charge in [0.05, 0.1) is 5.75 Å². The van der Waals surface area contributed by atoms with E-state index >= 15 is 0 Å². The normalized spacial score (nSPS) is 18.9. The fourth-order valence-electron chi connectivity index (χ4n) is 2.18. The average Bonchev–Trinajstić information content (AvgIpc) is 2.83. The van der Waals surface area contributed by atoms with Crippen LogP contribution in [0.25, 0.3) is 0 Å². The molecule has 1 saturated heterocycles. The fraction of sp³-hybridized carbons (Fsp3) is 0.200. The Balaban J connectivity index is 1.97. The van der Waals surface area contributed by atoms with Crippen LogP contribution in [0, 0.1) is 6.92 Å². The molecule has 0 aliphatic carbocycles. The van der Waals surface area contributed by atoms with Gasteiger partial charge in [-0.2, -0.15) is 0 Å². The van der Waals surface area contributed by atoms with E-state index in [0.29, 0.717) is 5.75 Å². The third-order valence-corrected chi connectivity index (χ3v) is 4.36. The monoisotopic (exact) mass is 270 g/mol. The Hall–Kier alpha value is -1.81. The first-order chi connectivity index (χ1) is 9.25. The maximum atomic E-state index is 12.1. The molecule has 0 spiro atoms. The fourth-order valence-corrected chi connectivity index (χ4v) is 3.34. The topological polar surface area (TPSA) is 33.2 Å². The summed E-state index contributed by atoms with van der Waals surface area (Å²) in [5.41, 5.74) is 3.22. The predicted octanol–water partition coefficient (Wildman–Crippen LogP) is 3.17. The quantitative estimate of drug-likeness (QED) is 0.840. The van der Waals surface area contributed by atoms with Gasteiger partial charge >= 0.3 is 0 Å². The summed E-state index contributed by atoms with van der Waals surface area (Å²) >= 11 is 1.65. The lowest BCUT2D eigenvalue weighted by Crippen LogP contribution is -2.27. The van der Waals surface area contributed by atoms with Crippen LogP contribution < -0.4 is 4.90 Å². The number of benzene rings is 1. The van der Waals surface area contributed by atoms with Gasteiger partial charge in [-0.15, -0.1) is 11.8 Å². The van der Waals surface area contributed by atoms with Gasteiger partial charge in [0.25, 0.3) is 0 Å². The molecule has 2 heterocycles. The van der Waals surface area contributed by atoms with Crippen LogP contribution in [-0.4, -0.2) is 16.6 Å². The third-order valence-electron chi connectivity index (χ3n) is 3.15. The molecule has 0 saturated carbocycles. The predicted molar refractivity (Wildman–Crippen MR) is 78.1 cm³/mol. The van der Waals surface area contributed by atoms with Gasteiger partial charge in [-0.1, -0.05) is 23.8 Å². The van der Waals surface area contributed by atoms with Crippen molar-refractivity contribution in [2.24, 2.45) is 0 Å². The van der Waals surface area contributed by atoms with Gasteiger partial charge in [-0.3, -0.25) is 14.7 Å². The smallest absolute Gasteiger partial charge is 0.238 e. The van der Waals surface area contributed by atoms with Crippen molar-refractivity contribution < 1.29 is 4.79 Å². The summed E-state index contributed by atoms with van der Waals surface area (Å²) in [6.07, 6.45) is 3.58. The Morgan fingerprint density at radius 3 is 2.74 bits per heavy atom. The lowest BCUT2D eigenvalue weighted by molar-refractivity contribution is -0.115. The summed E-state index contributed by atoms with van der Waals surface area (Å²) in [6, 6.07) is 12.0. The van der Waals surface area contributed by atoms with Crippen LogP contribution in [0.3, 0.4) is 0 Å². The van der Waals surface area contributed by atoms with Crippen LogP contribution in [-0.2, 0) is 4.79 Å². The number of aryl methyl sites for hydroxylation is 1. The highest BCUT2D eigenvalue weighted by Gasteiger charge is 2.33. The van der Waals surface area contributed by atoms with Crippen molar-refractivity contribution in [1.82, 2.24) is 4.98 Å². The van der Waals surface area contributed by atoms with E-state index < -0.39 is 0 Å². The van der Waals surface area contributed by atoms with Gasteiger partial charge in [0.15, 0.2) is 0 Å². The van der Waals surface area contributed by atoms with Crippen molar-refractivity contribution in [2.45, 2.75) is 12.3 Å². The minimum Gasteiger partial charge on any atom is -0.295 e. The zero-order chi connectivity index (χ0) is 13.2.